The first-order valence-corrected chi connectivity index (χ1v) is 18.5. The summed E-state index contributed by atoms with van der Waals surface area (Å²) in [6, 6.07) is 67.2. The van der Waals surface area contributed by atoms with E-state index < -0.39 is 0 Å². The highest BCUT2D eigenvalue weighted by molar-refractivity contribution is 6.20. The predicted octanol–water partition coefficient (Wildman–Crippen LogP) is 13.0. The third-order valence-electron chi connectivity index (χ3n) is 10.1. The third-order valence-corrected chi connectivity index (χ3v) is 10.1. The number of hydrogen-bond donors (Lipinski definition) is 0. The van der Waals surface area contributed by atoms with Gasteiger partial charge in [-0.05, 0) is 63.9 Å². The van der Waals surface area contributed by atoms with Gasteiger partial charge >= 0.3 is 0 Å². The van der Waals surface area contributed by atoms with Crippen molar-refractivity contribution < 1.29 is 4.42 Å². The van der Waals surface area contributed by atoms with Crippen LogP contribution in [0.5, 0.6) is 0 Å². The first-order valence-electron chi connectivity index (χ1n) is 18.5. The molecule has 260 valence electrons. The van der Waals surface area contributed by atoms with E-state index in [0.29, 0.717) is 23.9 Å². The van der Waals surface area contributed by atoms with Crippen molar-refractivity contribution in [2.24, 2.45) is 0 Å². The average molecular weight is 707 g/mol. The van der Waals surface area contributed by atoms with Gasteiger partial charge in [-0.2, -0.15) is 0 Å². The Hall–Kier alpha value is -7.37. The van der Waals surface area contributed by atoms with Crippen LogP contribution in [-0.4, -0.2) is 15.0 Å². The van der Waals surface area contributed by atoms with Gasteiger partial charge in [0.25, 0.3) is 0 Å². The fourth-order valence-electron chi connectivity index (χ4n) is 7.56. The molecule has 0 aliphatic rings. The summed E-state index contributed by atoms with van der Waals surface area (Å²) in [6.07, 6.45) is 0.458. The average Bonchev–Trinajstić information content (AvgIpc) is 3.65. The van der Waals surface area contributed by atoms with Gasteiger partial charge in [0.15, 0.2) is 11.6 Å². The molecule has 2 aromatic heterocycles. The molecule has 0 N–H and O–H groups in total. The van der Waals surface area contributed by atoms with E-state index >= 15 is 0 Å². The topological polar surface area (TPSA) is 55.1 Å². The molecule has 10 rings (SSSR count). The van der Waals surface area contributed by atoms with Gasteiger partial charge in [-0.1, -0.05) is 152 Å². The second-order valence-electron chi connectivity index (χ2n) is 13.6. The van der Waals surface area contributed by atoms with Crippen LogP contribution >= 0.6 is 0 Å². The van der Waals surface area contributed by atoms with Gasteiger partial charge in [-0.3, -0.25) is 0 Å². The fraction of sp³-hybridized carbons (Fsp3) is 0.0200. The molecule has 0 saturated heterocycles. The van der Waals surface area contributed by atoms with Crippen LogP contribution in [-0.2, 0) is 6.42 Å². The molecular formula is C50H34N4O. The SMILES string of the molecule is c1ccc(-c2ccc(N(c3ccccc3)c3cc(Cc4nc(-c5ccccc5)nc(-c5ccccc5)n4)c4c(c3)oc3ccc5ccccc5c34)cc2)cc1. The van der Waals surface area contributed by atoms with Crippen molar-refractivity contribution in [3.05, 3.63) is 206 Å². The molecule has 0 saturated carbocycles. The van der Waals surface area contributed by atoms with Gasteiger partial charge in [0.1, 0.15) is 17.0 Å². The molecule has 0 bridgehead atoms. The molecule has 0 fully saturated rings. The van der Waals surface area contributed by atoms with E-state index in [1.807, 2.05) is 66.7 Å². The zero-order chi connectivity index (χ0) is 36.6. The third kappa shape index (κ3) is 6.18. The number of benzene rings is 8. The van der Waals surface area contributed by atoms with Crippen LogP contribution in [0, 0.1) is 0 Å². The zero-order valence-electron chi connectivity index (χ0n) is 29.9. The van der Waals surface area contributed by atoms with Crippen LogP contribution in [0.2, 0.25) is 0 Å². The number of hydrogen-bond acceptors (Lipinski definition) is 5. The van der Waals surface area contributed by atoms with Crippen molar-refractivity contribution in [1.29, 1.82) is 0 Å². The molecule has 0 amide bonds. The largest absolute Gasteiger partial charge is 0.456 e. The Balaban J connectivity index is 1.20. The second kappa shape index (κ2) is 13.9. The molecule has 10 aromatic rings. The predicted molar refractivity (Wildman–Crippen MR) is 225 cm³/mol. The minimum absolute atomic E-state index is 0.458. The summed E-state index contributed by atoms with van der Waals surface area (Å²) in [5.41, 5.74) is 10.00. The van der Waals surface area contributed by atoms with Gasteiger partial charge in [-0.15, -0.1) is 0 Å². The highest BCUT2D eigenvalue weighted by Gasteiger charge is 2.22. The van der Waals surface area contributed by atoms with Crippen LogP contribution in [0.4, 0.5) is 17.1 Å². The molecule has 0 radical (unpaired) electrons. The summed E-state index contributed by atoms with van der Waals surface area (Å²) in [7, 11) is 0. The molecule has 0 atom stereocenters. The minimum Gasteiger partial charge on any atom is -0.456 e. The van der Waals surface area contributed by atoms with Crippen LogP contribution < -0.4 is 4.90 Å². The Morgan fingerprint density at radius 1 is 0.400 bits per heavy atom. The summed E-state index contributed by atoms with van der Waals surface area (Å²) < 4.78 is 6.78. The highest BCUT2D eigenvalue weighted by Crippen LogP contribution is 2.43. The van der Waals surface area contributed by atoms with Crippen molar-refractivity contribution in [2.45, 2.75) is 6.42 Å². The number of furan rings is 1. The highest BCUT2D eigenvalue weighted by atomic mass is 16.3. The van der Waals surface area contributed by atoms with E-state index in [1.54, 1.807) is 0 Å². The van der Waals surface area contributed by atoms with Gasteiger partial charge < -0.3 is 9.32 Å². The number of nitrogens with zero attached hydrogens (tertiary/aromatic N) is 4. The maximum atomic E-state index is 6.78. The number of aromatic nitrogens is 3. The maximum Gasteiger partial charge on any atom is 0.163 e. The van der Waals surface area contributed by atoms with Gasteiger partial charge in [-0.25, -0.2) is 15.0 Å². The van der Waals surface area contributed by atoms with Crippen LogP contribution in [0.3, 0.4) is 0 Å². The van der Waals surface area contributed by atoms with E-state index in [0.717, 1.165) is 72.0 Å². The molecule has 2 heterocycles. The summed E-state index contributed by atoms with van der Waals surface area (Å²) in [6.45, 7) is 0. The maximum absolute atomic E-state index is 6.78. The van der Waals surface area contributed by atoms with Crippen LogP contribution in [0.1, 0.15) is 11.4 Å². The Bertz CT molecular complexity index is 2870. The van der Waals surface area contributed by atoms with Crippen molar-refractivity contribution in [1.82, 2.24) is 15.0 Å². The Morgan fingerprint density at radius 3 is 1.60 bits per heavy atom. The lowest BCUT2D eigenvalue weighted by molar-refractivity contribution is 0.669. The summed E-state index contributed by atoms with van der Waals surface area (Å²) >= 11 is 0. The molecule has 0 aliphatic heterocycles. The van der Waals surface area contributed by atoms with Crippen LogP contribution in [0.15, 0.2) is 199 Å². The van der Waals surface area contributed by atoms with E-state index in [1.165, 1.54) is 5.56 Å². The standard InChI is InChI=1S/C50H34N4O/c1-5-15-34(16-6-1)35-25-28-41(29-26-35)54(40-22-11-4-12-23-40)42-31-39(47-45(33-42)55-44-30-27-36-17-13-14-24-43(36)48(44)47)32-46-51-49(37-18-7-2-8-19-37)53-50(52-46)38-20-9-3-10-21-38/h1-31,33H,32H2. The van der Waals surface area contributed by atoms with Gasteiger partial charge in [0.2, 0.25) is 0 Å². The Morgan fingerprint density at radius 2 is 0.945 bits per heavy atom. The molecule has 8 aromatic carbocycles. The normalized spacial score (nSPS) is 11.3. The van der Waals surface area contributed by atoms with E-state index in [9.17, 15) is 0 Å². The Kier molecular flexibility index (Phi) is 8.15. The minimum atomic E-state index is 0.458. The lowest BCUT2D eigenvalue weighted by Crippen LogP contribution is -2.11. The van der Waals surface area contributed by atoms with Crippen molar-refractivity contribution in [2.75, 3.05) is 4.90 Å². The van der Waals surface area contributed by atoms with Crippen molar-refractivity contribution in [3.63, 3.8) is 0 Å². The molecule has 55 heavy (non-hydrogen) atoms. The molecule has 0 spiro atoms. The molecule has 0 aliphatic carbocycles. The molecule has 5 nitrogen and oxygen atoms in total. The number of rotatable bonds is 8. The second-order valence-corrected chi connectivity index (χ2v) is 13.6. The van der Waals surface area contributed by atoms with E-state index in [4.69, 9.17) is 19.4 Å². The molecular weight excluding hydrogens is 673 g/mol. The van der Waals surface area contributed by atoms with Crippen LogP contribution in [0.25, 0.3) is 66.6 Å². The lowest BCUT2D eigenvalue weighted by atomic mass is 9.98. The number of fused-ring (bicyclic) bond motifs is 5. The smallest absolute Gasteiger partial charge is 0.163 e. The van der Waals surface area contributed by atoms with Crippen molar-refractivity contribution >= 4 is 49.8 Å². The molecule has 5 heteroatoms. The van der Waals surface area contributed by atoms with E-state index in [-0.39, 0.29) is 0 Å². The Labute approximate surface area is 318 Å². The summed E-state index contributed by atoms with van der Waals surface area (Å²) in [4.78, 5) is 17.5. The first-order chi connectivity index (χ1) is 27.2. The van der Waals surface area contributed by atoms with Crippen molar-refractivity contribution in [3.8, 4) is 33.9 Å². The van der Waals surface area contributed by atoms with Gasteiger partial charge in [0, 0.05) is 45.8 Å². The lowest BCUT2D eigenvalue weighted by Gasteiger charge is -2.26. The quantitative estimate of drug-likeness (QED) is 0.157. The van der Waals surface area contributed by atoms with Gasteiger partial charge in [0.05, 0.1) is 5.69 Å². The number of para-hydroxylation sites is 1. The molecule has 0 unspecified atom stereocenters. The van der Waals surface area contributed by atoms with E-state index in [2.05, 4.69) is 132 Å². The number of anilines is 3. The first kappa shape index (κ1) is 32.3. The monoisotopic (exact) mass is 706 g/mol. The zero-order valence-corrected chi connectivity index (χ0v) is 29.9. The summed E-state index contributed by atoms with van der Waals surface area (Å²) in [5.74, 6) is 1.96. The fourth-order valence-corrected chi connectivity index (χ4v) is 7.56. The summed E-state index contributed by atoms with van der Waals surface area (Å²) in [5, 5.41) is 4.46.